The second-order valence-electron chi connectivity index (χ2n) is 5.78. The van der Waals surface area contributed by atoms with Crippen LogP contribution in [0.15, 0.2) is 47.3 Å². The summed E-state index contributed by atoms with van der Waals surface area (Å²) in [5.41, 5.74) is 6.29. The van der Waals surface area contributed by atoms with Crippen LogP contribution in [0.4, 0.5) is 0 Å². The summed E-state index contributed by atoms with van der Waals surface area (Å²) in [4.78, 5) is 12.6. The summed E-state index contributed by atoms with van der Waals surface area (Å²) < 4.78 is 3.81. The molecule has 0 radical (unpaired) electrons. The van der Waals surface area contributed by atoms with Crippen molar-refractivity contribution >= 4 is 27.5 Å². The molecule has 0 saturated carbocycles. The molecular weight excluding hydrogens is 260 g/mol. The topological polar surface area (TPSA) is 26.4 Å². The summed E-state index contributed by atoms with van der Waals surface area (Å²) in [5, 5.41) is 1.11. The Morgan fingerprint density at radius 2 is 1.43 bits per heavy atom. The normalized spacial score (nSPS) is 11.8. The summed E-state index contributed by atoms with van der Waals surface area (Å²) in [6.07, 6.45) is 0. The van der Waals surface area contributed by atoms with E-state index in [1.807, 2.05) is 25.2 Å². The molecule has 2 aromatic carbocycles. The van der Waals surface area contributed by atoms with Crippen LogP contribution in [0, 0.1) is 13.8 Å². The molecule has 104 valence electrons. The van der Waals surface area contributed by atoms with Gasteiger partial charge in [0.15, 0.2) is 0 Å². The highest BCUT2D eigenvalue weighted by molar-refractivity contribution is 5.93. The molecule has 0 atom stereocenters. The number of hydrogen-bond acceptors (Lipinski definition) is 1. The van der Waals surface area contributed by atoms with E-state index in [0.29, 0.717) is 0 Å². The highest BCUT2D eigenvalue weighted by atomic mass is 16.1. The number of aromatic nitrogens is 2. The minimum atomic E-state index is 0.0419. The second kappa shape index (κ2) is 3.98. The average Bonchev–Trinajstić information content (AvgIpc) is 2.83. The lowest BCUT2D eigenvalue weighted by Gasteiger charge is -2.10. The minimum Gasteiger partial charge on any atom is -0.308 e. The Balaban J connectivity index is 2.40. The summed E-state index contributed by atoms with van der Waals surface area (Å²) >= 11 is 0. The molecule has 0 amide bonds. The zero-order valence-electron chi connectivity index (χ0n) is 12.3. The lowest BCUT2D eigenvalue weighted by atomic mass is 10.2. The minimum absolute atomic E-state index is 0.0419. The van der Waals surface area contributed by atoms with Crippen molar-refractivity contribution in [3.8, 4) is 0 Å². The van der Waals surface area contributed by atoms with E-state index in [2.05, 4.69) is 42.5 Å². The van der Waals surface area contributed by atoms with Crippen molar-refractivity contribution in [2.24, 2.45) is 7.05 Å². The van der Waals surface area contributed by atoms with Gasteiger partial charge in [-0.3, -0.25) is 4.79 Å². The lowest BCUT2D eigenvalue weighted by molar-refractivity contribution is 0.902. The predicted molar refractivity (Wildman–Crippen MR) is 87.1 cm³/mol. The van der Waals surface area contributed by atoms with Gasteiger partial charge in [0, 0.05) is 12.4 Å². The highest BCUT2D eigenvalue weighted by Gasteiger charge is 2.12. The molecule has 0 aliphatic heterocycles. The third-order valence-corrected chi connectivity index (χ3v) is 4.21. The first kappa shape index (κ1) is 12.2. The van der Waals surface area contributed by atoms with Crippen molar-refractivity contribution in [3.63, 3.8) is 0 Å². The Kier molecular flexibility index (Phi) is 2.31. The Morgan fingerprint density at radius 3 is 2.19 bits per heavy atom. The maximum atomic E-state index is 12.6. The van der Waals surface area contributed by atoms with E-state index in [0.717, 1.165) is 27.5 Å². The second-order valence-corrected chi connectivity index (χ2v) is 5.78. The van der Waals surface area contributed by atoms with E-state index < -0.39 is 0 Å². The van der Waals surface area contributed by atoms with Crippen LogP contribution in [0.2, 0.25) is 0 Å². The molecule has 0 aliphatic rings. The molecule has 21 heavy (non-hydrogen) atoms. The van der Waals surface area contributed by atoms with Crippen molar-refractivity contribution in [1.82, 2.24) is 8.97 Å². The maximum absolute atomic E-state index is 12.6. The van der Waals surface area contributed by atoms with Crippen LogP contribution in [-0.2, 0) is 7.05 Å². The smallest absolute Gasteiger partial charge is 0.275 e. The number of nitrogens with zero attached hydrogens (tertiary/aromatic N) is 2. The molecule has 2 aromatic heterocycles. The molecule has 4 aromatic rings. The zero-order valence-corrected chi connectivity index (χ0v) is 12.3. The Morgan fingerprint density at radius 1 is 0.762 bits per heavy atom. The van der Waals surface area contributed by atoms with Crippen molar-refractivity contribution in [3.05, 3.63) is 63.9 Å². The molecule has 0 bridgehead atoms. The predicted octanol–water partition coefficient (Wildman–Crippen LogP) is 3.56. The third kappa shape index (κ3) is 1.57. The zero-order chi connectivity index (χ0) is 14.7. The van der Waals surface area contributed by atoms with Crippen LogP contribution in [0.5, 0.6) is 0 Å². The van der Waals surface area contributed by atoms with E-state index in [9.17, 15) is 4.79 Å². The van der Waals surface area contributed by atoms with E-state index in [1.165, 1.54) is 11.1 Å². The molecule has 3 nitrogen and oxygen atoms in total. The third-order valence-electron chi connectivity index (χ3n) is 4.21. The van der Waals surface area contributed by atoms with Crippen LogP contribution < -0.4 is 5.56 Å². The van der Waals surface area contributed by atoms with Gasteiger partial charge in [-0.15, -0.1) is 0 Å². The average molecular weight is 276 g/mol. The first-order valence-electron chi connectivity index (χ1n) is 7.07. The number of fused-ring (bicyclic) bond motifs is 5. The monoisotopic (exact) mass is 276 g/mol. The van der Waals surface area contributed by atoms with Crippen LogP contribution in [0.3, 0.4) is 0 Å². The Bertz CT molecular complexity index is 1080. The van der Waals surface area contributed by atoms with Crippen LogP contribution in [0.25, 0.3) is 27.5 Å². The van der Waals surface area contributed by atoms with Crippen LogP contribution >= 0.6 is 0 Å². The summed E-state index contributed by atoms with van der Waals surface area (Å²) in [7, 11) is 1.84. The Hall–Kier alpha value is -2.55. The molecule has 0 spiro atoms. The maximum Gasteiger partial charge on any atom is 0.275 e. The van der Waals surface area contributed by atoms with Crippen LogP contribution in [-0.4, -0.2) is 8.97 Å². The van der Waals surface area contributed by atoms with Gasteiger partial charge in [-0.2, -0.15) is 0 Å². The molecular formula is C18H16N2O. The molecule has 0 unspecified atom stereocenters. The standard InChI is InChI=1S/C18H16N2O/c1-11-4-6-14-13(8-11)10-17-18(21)19(3)15-7-5-12(2)9-16(15)20(14)17/h4-10H,1-3H3. The summed E-state index contributed by atoms with van der Waals surface area (Å²) in [6, 6.07) is 14.5. The van der Waals surface area contributed by atoms with Gasteiger partial charge < -0.3 is 8.97 Å². The van der Waals surface area contributed by atoms with E-state index >= 15 is 0 Å². The number of aryl methyl sites for hydroxylation is 3. The largest absolute Gasteiger partial charge is 0.308 e. The molecule has 2 heterocycles. The number of benzene rings is 2. The lowest BCUT2D eigenvalue weighted by Crippen LogP contribution is -2.19. The quantitative estimate of drug-likeness (QED) is 0.482. The van der Waals surface area contributed by atoms with Gasteiger partial charge in [0.2, 0.25) is 0 Å². The Labute approximate surface area is 122 Å². The summed E-state index contributed by atoms with van der Waals surface area (Å²) in [5.74, 6) is 0. The van der Waals surface area contributed by atoms with Gasteiger partial charge in [0.05, 0.1) is 16.6 Å². The number of rotatable bonds is 0. The first-order valence-corrected chi connectivity index (χ1v) is 7.07. The van der Waals surface area contributed by atoms with E-state index in [-0.39, 0.29) is 5.56 Å². The van der Waals surface area contributed by atoms with Crippen molar-refractivity contribution in [2.75, 3.05) is 0 Å². The SMILES string of the molecule is Cc1ccc2c(c1)cc1c(=O)n(C)c3ccc(C)cc3n12. The van der Waals surface area contributed by atoms with Gasteiger partial charge in [0.1, 0.15) is 5.52 Å². The van der Waals surface area contributed by atoms with Crippen LogP contribution in [0.1, 0.15) is 11.1 Å². The molecule has 3 heteroatoms. The molecule has 0 saturated heterocycles. The fraction of sp³-hybridized carbons (Fsp3) is 0.167. The molecule has 0 aliphatic carbocycles. The fourth-order valence-corrected chi connectivity index (χ4v) is 3.13. The molecule has 0 N–H and O–H groups in total. The van der Waals surface area contributed by atoms with Gasteiger partial charge in [-0.05, 0) is 49.7 Å². The molecule has 4 rings (SSSR count). The number of hydrogen-bond donors (Lipinski definition) is 0. The molecule has 0 fully saturated rings. The van der Waals surface area contributed by atoms with Crippen molar-refractivity contribution in [2.45, 2.75) is 13.8 Å². The van der Waals surface area contributed by atoms with Gasteiger partial charge in [0.25, 0.3) is 5.56 Å². The van der Waals surface area contributed by atoms with E-state index in [4.69, 9.17) is 0 Å². The fourth-order valence-electron chi connectivity index (χ4n) is 3.13. The highest BCUT2D eigenvalue weighted by Crippen LogP contribution is 2.24. The van der Waals surface area contributed by atoms with Crippen molar-refractivity contribution in [1.29, 1.82) is 0 Å². The first-order chi connectivity index (χ1) is 10.1. The van der Waals surface area contributed by atoms with Gasteiger partial charge in [-0.25, -0.2) is 0 Å². The van der Waals surface area contributed by atoms with Gasteiger partial charge in [-0.1, -0.05) is 17.7 Å². The summed E-state index contributed by atoms with van der Waals surface area (Å²) in [6.45, 7) is 4.15. The van der Waals surface area contributed by atoms with Crippen molar-refractivity contribution < 1.29 is 0 Å². The van der Waals surface area contributed by atoms with E-state index in [1.54, 1.807) is 4.57 Å². The van der Waals surface area contributed by atoms with Gasteiger partial charge >= 0.3 is 0 Å².